The molecule has 1 aromatic heterocycles. The van der Waals surface area contributed by atoms with Crippen molar-refractivity contribution in [1.29, 1.82) is 0 Å². The number of fused-ring (bicyclic) bond motifs is 1. The topological polar surface area (TPSA) is 38.9 Å². The van der Waals surface area contributed by atoms with E-state index in [1.165, 1.54) is 0 Å². The lowest BCUT2D eigenvalue weighted by Gasteiger charge is -1.99. The van der Waals surface area contributed by atoms with E-state index in [4.69, 9.17) is 17.3 Å². The standard InChI is InChI=1S/C13H8BrClN2S/c14-8-1-2-12-11(5-8)17-13(18-12)7-3-9(15)6-10(16)4-7/h1-6H,16H2. The third kappa shape index (κ3) is 2.23. The predicted molar refractivity (Wildman–Crippen MR) is 82.2 cm³/mol. The lowest BCUT2D eigenvalue weighted by atomic mass is 10.2. The Labute approximate surface area is 122 Å². The van der Waals surface area contributed by atoms with Gasteiger partial charge >= 0.3 is 0 Å². The van der Waals surface area contributed by atoms with E-state index in [1.54, 1.807) is 17.4 Å². The summed E-state index contributed by atoms with van der Waals surface area (Å²) in [5, 5.41) is 1.56. The first kappa shape index (κ1) is 12.0. The highest BCUT2D eigenvalue weighted by molar-refractivity contribution is 9.10. The number of aromatic nitrogens is 1. The van der Waals surface area contributed by atoms with Crippen molar-refractivity contribution in [3.05, 3.63) is 45.9 Å². The van der Waals surface area contributed by atoms with E-state index in [-0.39, 0.29) is 0 Å². The first-order valence-corrected chi connectivity index (χ1v) is 7.23. The maximum Gasteiger partial charge on any atom is 0.124 e. The number of hydrogen-bond donors (Lipinski definition) is 1. The third-order valence-electron chi connectivity index (χ3n) is 2.52. The van der Waals surface area contributed by atoms with Gasteiger partial charge in [-0.25, -0.2) is 4.98 Å². The fraction of sp³-hybridized carbons (Fsp3) is 0. The minimum absolute atomic E-state index is 0.630. The molecule has 0 amide bonds. The number of thiazole rings is 1. The Hall–Kier alpha value is -1.10. The molecule has 0 bridgehead atoms. The van der Waals surface area contributed by atoms with Crippen LogP contribution in [0.2, 0.25) is 5.02 Å². The number of nitrogens with zero attached hydrogens (tertiary/aromatic N) is 1. The molecule has 0 spiro atoms. The van der Waals surface area contributed by atoms with Crippen molar-refractivity contribution >= 4 is 54.8 Å². The molecule has 1 heterocycles. The molecule has 0 unspecified atom stereocenters. The maximum absolute atomic E-state index is 6.01. The molecule has 18 heavy (non-hydrogen) atoms. The number of nitrogens with two attached hydrogens (primary N) is 1. The zero-order valence-corrected chi connectivity index (χ0v) is 12.3. The average Bonchev–Trinajstić information content (AvgIpc) is 2.70. The summed E-state index contributed by atoms with van der Waals surface area (Å²) in [6.07, 6.45) is 0. The van der Waals surface area contributed by atoms with Gasteiger partial charge in [-0.15, -0.1) is 11.3 Å². The van der Waals surface area contributed by atoms with Gasteiger partial charge in [0, 0.05) is 20.7 Å². The Morgan fingerprint density at radius 2 is 2.00 bits per heavy atom. The summed E-state index contributed by atoms with van der Waals surface area (Å²) in [5.74, 6) is 0. The lowest BCUT2D eigenvalue weighted by Crippen LogP contribution is -1.85. The van der Waals surface area contributed by atoms with Crippen LogP contribution in [-0.2, 0) is 0 Å². The molecule has 0 aliphatic carbocycles. The van der Waals surface area contributed by atoms with Gasteiger partial charge in [0.25, 0.3) is 0 Å². The van der Waals surface area contributed by atoms with Crippen LogP contribution >= 0.6 is 38.9 Å². The SMILES string of the molecule is Nc1cc(Cl)cc(-c2nc3cc(Br)ccc3s2)c1. The minimum atomic E-state index is 0.630. The Bertz CT molecular complexity index is 719. The van der Waals surface area contributed by atoms with E-state index in [2.05, 4.69) is 27.0 Å². The normalized spacial score (nSPS) is 11.0. The average molecular weight is 340 g/mol. The fourth-order valence-electron chi connectivity index (χ4n) is 1.76. The van der Waals surface area contributed by atoms with Crippen molar-refractivity contribution in [2.24, 2.45) is 0 Å². The van der Waals surface area contributed by atoms with Crippen molar-refractivity contribution in [2.45, 2.75) is 0 Å². The second kappa shape index (κ2) is 4.53. The Morgan fingerprint density at radius 3 is 2.78 bits per heavy atom. The number of hydrogen-bond acceptors (Lipinski definition) is 3. The molecule has 3 rings (SSSR count). The molecule has 5 heteroatoms. The number of nitrogen functional groups attached to an aromatic ring is 1. The van der Waals surface area contributed by atoms with Gasteiger partial charge in [-0.3, -0.25) is 0 Å². The summed E-state index contributed by atoms with van der Waals surface area (Å²) in [6.45, 7) is 0. The van der Waals surface area contributed by atoms with Crippen LogP contribution in [0.15, 0.2) is 40.9 Å². The van der Waals surface area contributed by atoms with Gasteiger partial charge in [-0.1, -0.05) is 27.5 Å². The van der Waals surface area contributed by atoms with Crippen LogP contribution < -0.4 is 5.73 Å². The highest BCUT2D eigenvalue weighted by Crippen LogP contribution is 2.33. The highest BCUT2D eigenvalue weighted by atomic mass is 79.9. The van der Waals surface area contributed by atoms with Crippen LogP contribution in [0.4, 0.5) is 5.69 Å². The first-order valence-electron chi connectivity index (χ1n) is 5.24. The molecule has 90 valence electrons. The van der Waals surface area contributed by atoms with Crippen LogP contribution in [0.5, 0.6) is 0 Å². The van der Waals surface area contributed by atoms with Crippen molar-refractivity contribution in [1.82, 2.24) is 4.98 Å². The Balaban J connectivity index is 2.19. The molecule has 0 aliphatic heterocycles. The zero-order chi connectivity index (χ0) is 12.7. The largest absolute Gasteiger partial charge is 0.399 e. The summed E-state index contributed by atoms with van der Waals surface area (Å²) in [4.78, 5) is 4.60. The Kier molecular flexibility index (Phi) is 3.01. The van der Waals surface area contributed by atoms with E-state index < -0.39 is 0 Å². The van der Waals surface area contributed by atoms with E-state index in [1.807, 2.05) is 24.3 Å². The van der Waals surface area contributed by atoms with Crippen LogP contribution in [0.25, 0.3) is 20.8 Å². The summed E-state index contributed by atoms with van der Waals surface area (Å²) >= 11 is 11.1. The van der Waals surface area contributed by atoms with Crippen molar-refractivity contribution < 1.29 is 0 Å². The van der Waals surface area contributed by atoms with Crippen LogP contribution in [0.3, 0.4) is 0 Å². The summed E-state index contributed by atoms with van der Waals surface area (Å²) in [7, 11) is 0. The second-order valence-electron chi connectivity index (χ2n) is 3.90. The molecule has 0 fully saturated rings. The van der Waals surface area contributed by atoms with Gasteiger partial charge in [0.1, 0.15) is 5.01 Å². The minimum Gasteiger partial charge on any atom is -0.399 e. The molecule has 0 saturated heterocycles. The van der Waals surface area contributed by atoms with Gasteiger partial charge in [-0.2, -0.15) is 0 Å². The lowest BCUT2D eigenvalue weighted by molar-refractivity contribution is 1.47. The first-order chi connectivity index (χ1) is 8.61. The van der Waals surface area contributed by atoms with Gasteiger partial charge in [-0.05, 0) is 36.4 Å². The molecular weight excluding hydrogens is 332 g/mol. The molecule has 0 aliphatic rings. The smallest absolute Gasteiger partial charge is 0.124 e. The maximum atomic E-state index is 6.01. The van der Waals surface area contributed by atoms with Crippen molar-refractivity contribution in [2.75, 3.05) is 5.73 Å². The van der Waals surface area contributed by atoms with Crippen LogP contribution in [-0.4, -0.2) is 4.98 Å². The van der Waals surface area contributed by atoms with Crippen molar-refractivity contribution in [3.63, 3.8) is 0 Å². The highest BCUT2D eigenvalue weighted by Gasteiger charge is 2.08. The Morgan fingerprint density at radius 1 is 1.17 bits per heavy atom. The number of rotatable bonds is 1. The predicted octanol–water partition coefficient (Wildman–Crippen LogP) is 4.96. The second-order valence-corrected chi connectivity index (χ2v) is 6.29. The van der Waals surface area contributed by atoms with Gasteiger partial charge in [0.15, 0.2) is 0 Å². The van der Waals surface area contributed by atoms with Gasteiger partial charge in [0.05, 0.1) is 10.2 Å². The van der Waals surface area contributed by atoms with Crippen LogP contribution in [0, 0.1) is 0 Å². The quantitative estimate of drug-likeness (QED) is 0.636. The molecule has 2 aromatic carbocycles. The van der Waals surface area contributed by atoms with Gasteiger partial charge in [0.2, 0.25) is 0 Å². The van der Waals surface area contributed by atoms with E-state index in [9.17, 15) is 0 Å². The number of anilines is 1. The molecular formula is C13H8BrClN2S. The van der Waals surface area contributed by atoms with E-state index in [0.717, 1.165) is 25.3 Å². The molecule has 2 nitrogen and oxygen atoms in total. The third-order valence-corrected chi connectivity index (χ3v) is 4.31. The van der Waals surface area contributed by atoms with Gasteiger partial charge < -0.3 is 5.73 Å². The summed E-state index contributed by atoms with van der Waals surface area (Å²) in [6, 6.07) is 11.6. The number of halogens is 2. The number of benzene rings is 2. The molecule has 2 N–H and O–H groups in total. The monoisotopic (exact) mass is 338 g/mol. The fourth-order valence-corrected chi connectivity index (χ4v) is 3.29. The van der Waals surface area contributed by atoms with E-state index in [0.29, 0.717) is 10.7 Å². The van der Waals surface area contributed by atoms with Crippen LogP contribution in [0.1, 0.15) is 0 Å². The molecule has 3 aromatic rings. The van der Waals surface area contributed by atoms with Crippen molar-refractivity contribution in [3.8, 4) is 10.6 Å². The summed E-state index contributed by atoms with van der Waals surface area (Å²) in [5.41, 5.74) is 8.38. The summed E-state index contributed by atoms with van der Waals surface area (Å²) < 4.78 is 2.17. The zero-order valence-electron chi connectivity index (χ0n) is 9.15. The van der Waals surface area contributed by atoms with E-state index >= 15 is 0 Å². The molecule has 0 atom stereocenters. The molecule has 0 radical (unpaired) electrons. The molecule has 0 saturated carbocycles.